The summed E-state index contributed by atoms with van der Waals surface area (Å²) in [6.45, 7) is 0. The third-order valence-corrected chi connectivity index (χ3v) is 5.78. The van der Waals surface area contributed by atoms with Crippen molar-refractivity contribution in [2.24, 2.45) is 0 Å². The fraction of sp³-hybridized carbons (Fsp3) is 0. The van der Waals surface area contributed by atoms with Crippen molar-refractivity contribution in [3.05, 3.63) is 96.7 Å². The number of hydrogen-bond acceptors (Lipinski definition) is 4. The number of aromatic amines is 1. The number of H-pyrrole nitrogens is 1. The maximum absolute atomic E-state index is 12.6. The molecule has 0 radical (unpaired) electrons. The van der Waals surface area contributed by atoms with Gasteiger partial charge in [0, 0.05) is 28.7 Å². The van der Waals surface area contributed by atoms with E-state index in [9.17, 15) is 13.2 Å². The van der Waals surface area contributed by atoms with E-state index in [1.54, 1.807) is 54.7 Å². The Hall–Kier alpha value is -3.91. The molecule has 1 aromatic heterocycles. The van der Waals surface area contributed by atoms with E-state index in [4.69, 9.17) is 0 Å². The molecule has 0 spiro atoms. The maximum atomic E-state index is 12.6. The van der Waals surface area contributed by atoms with Gasteiger partial charge in [-0.2, -0.15) is 5.10 Å². The Labute approximate surface area is 173 Å². The second-order valence-corrected chi connectivity index (χ2v) is 8.18. The van der Waals surface area contributed by atoms with Gasteiger partial charge in [-0.05, 0) is 54.6 Å². The SMILES string of the molecule is O=C(Nc1cccc(-c2ccn[nH]2)c1)c1ccc(NS(=O)(=O)c2ccccc2)cc1. The van der Waals surface area contributed by atoms with Gasteiger partial charge in [0.2, 0.25) is 0 Å². The highest BCUT2D eigenvalue weighted by Crippen LogP contribution is 2.21. The number of anilines is 2. The van der Waals surface area contributed by atoms with E-state index < -0.39 is 10.0 Å². The lowest BCUT2D eigenvalue weighted by Gasteiger charge is -2.10. The predicted molar refractivity (Wildman–Crippen MR) is 116 cm³/mol. The summed E-state index contributed by atoms with van der Waals surface area (Å²) in [6.07, 6.45) is 1.66. The number of aromatic nitrogens is 2. The minimum Gasteiger partial charge on any atom is -0.322 e. The number of carbonyl (C=O) groups excluding carboxylic acids is 1. The van der Waals surface area contributed by atoms with Crippen LogP contribution in [-0.2, 0) is 10.0 Å². The van der Waals surface area contributed by atoms with Crippen molar-refractivity contribution in [1.29, 1.82) is 0 Å². The molecular formula is C22H18N4O3S. The molecule has 4 rings (SSSR count). The fourth-order valence-corrected chi connectivity index (χ4v) is 3.97. The molecule has 0 fully saturated rings. The summed E-state index contributed by atoms with van der Waals surface area (Å²) >= 11 is 0. The molecule has 3 aromatic carbocycles. The number of nitrogens with zero attached hydrogens (tertiary/aromatic N) is 1. The molecule has 1 heterocycles. The number of rotatable bonds is 6. The van der Waals surface area contributed by atoms with E-state index in [0.717, 1.165) is 11.3 Å². The lowest BCUT2D eigenvalue weighted by atomic mass is 10.1. The lowest BCUT2D eigenvalue weighted by molar-refractivity contribution is 0.102. The van der Waals surface area contributed by atoms with E-state index in [2.05, 4.69) is 20.2 Å². The smallest absolute Gasteiger partial charge is 0.261 e. The summed E-state index contributed by atoms with van der Waals surface area (Å²) in [6, 6.07) is 23.6. The average Bonchev–Trinajstić information content (AvgIpc) is 3.30. The third kappa shape index (κ3) is 4.39. The molecule has 0 aliphatic carbocycles. The lowest BCUT2D eigenvalue weighted by Crippen LogP contribution is -2.14. The van der Waals surface area contributed by atoms with Crippen LogP contribution in [0.1, 0.15) is 10.4 Å². The molecule has 7 nitrogen and oxygen atoms in total. The maximum Gasteiger partial charge on any atom is 0.261 e. The highest BCUT2D eigenvalue weighted by Gasteiger charge is 2.14. The second kappa shape index (κ2) is 8.22. The molecule has 8 heteroatoms. The third-order valence-electron chi connectivity index (χ3n) is 4.38. The standard InChI is InChI=1S/C22H18N4O3S/c27-22(24-19-6-4-5-17(15-19)21-13-14-23-25-21)16-9-11-18(12-10-16)26-30(28,29)20-7-2-1-3-8-20/h1-15,26H,(H,23,25)(H,24,27). The van der Waals surface area contributed by atoms with Gasteiger partial charge in [-0.3, -0.25) is 14.6 Å². The minimum atomic E-state index is -3.68. The van der Waals surface area contributed by atoms with Gasteiger partial charge in [-0.25, -0.2) is 8.42 Å². The van der Waals surface area contributed by atoms with Crippen molar-refractivity contribution in [1.82, 2.24) is 10.2 Å². The molecule has 0 saturated carbocycles. The highest BCUT2D eigenvalue weighted by molar-refractivity contribution is 7.92. The van der Waals surface area contributed by atoms with Crippen LogP contribution in [0.5, 0.6) is 0 Å². The highest BCUT2D eigenvalue weighted by atomic mass is 32.2. The molecule has 0 bridgehead atoms. The first-order chi connectivity index (χ1) is 14.5. The van der Waals surface area contributed by atoms with Crippen LogP contribution in [0.25, 0.3) is 11.3 Å². The largest absolute Gasteiger partial charge is 0.322 e. The number of amides is 1. The van der Waals surface area contributed by atoms with Gasteiger partial charge in [0.05, 0.1) is 10.6 Å². The molecule has 0 unspecified atom stereocenters. The van der Waals surface area contributed by atoms with Crippen molar-refractivity contribution in [3.8, 4) is 11.3 Å². The molecule has 3 N–H and O–H groups in total. The van der Waals surface area contributed by atoms with Crippen molar-refractivity contribution >= 4 is 27.3 Å². The Morgan fingerprint density at radius 3 is 2.30 bits per heavy atom. The fourth-order valence-electron chi connectivity index (χ4n) is 2.89. The number of sulfonamides is 1. The van der Waals surface area contributed by atoms with Crippen LogP contribution in [0.4, 0.5) is 11.4 Å². The van der Waals surface area contributed by atoms with Crippen LogP contribution >= 0.6 is 0 Å². The molecule has 1 amide bonds. The van der Waals surface area contributed by atoms with E-state index in [0.29, 0.717) is 16.9 Å². The normalized spacial score (nSPS) is 11.1. The Bertz CT molecular complexity index is 1250. The number of hydrogen-bond donors (Lipinski definition) is 3. The summed E-state index contributed by atoms with van der Waals surface area (Å²) in [5, 5.41) is 9.65. The van der Waals surface area contributed by atoms with E-state index in [1.807, 2.05) is 24.3 Å². The minimum absolute atomic E-state index is 0.170. The second-order valence-electron chi connectivity index (χ2n) is 6.50. The van der Waals surface area contributed by atoms with Crippen LogP contribution in [0.3, 0.4) is 0 Å². The van der Waals surface area contributed by atoms with Crippen LogP contribution in [0.2, 0.25) is 0 Å². The van der Waals surface area contributed by atoms with Crippen LogP contribution in [0.15, 0.2) is 96.0 Å². The Morgan fingerprint density at radius 2 is 1.60 bits per heavy atom. The molecule has 0 saturated heterocycles. The van der Waals surface area contributed by atoms with Crippen molar-refractivity contribution in [3.63, 3.8) is 0 Å². The van der Waals surface area contributed by atoms with Gasteiger partial charge in [-0.15, -0.1) is 0 Å². The first kappa shape index (κ1) is 19.4. The number of carbonyl (C=O) groups is 1. The van der Waals surface area contributed by atoms with Gasteiger partial charge in [-0.1, -0.05) is 30.3 Å². The molecule has 4 aromatic rings. The molecule has 0 aliphatic heterocycles. The Kier molecular flexibility index (Phi) is 5.32. The van der Waals surface area contributed by atoms with Gasteiger partial charge >= 0.3 is 0 Å². The molecule has 0 aliphatic rings. The zero-order chi connectivity index (χ0) is 21.0. The molecule has 0 atom stereocenters. The van der Waals surface area contributed by atoms with Gasteiger partial charge in [0.1, 0.15) is 0 Å². The van der Waals surface area contributed by atoms with E-state index in [-0.39, 0.29) is 10.8 Å². The summed E-state index contributed by atoms with van der Waals surface area (Å²) in [5.41, 5.74) is 3.17. The van der Waals surface area contributed by atoms with E-state index >= 15 is 0 Å². The van der Waals surface area contributed by atoms with E-state index in [1.165, 1.54) is 12.1 Å². The van der Waals surface area contributed by atoms with Crippen molar-refractivity contribution in [2.45, 2.75) is 4.90 Å². The Balaban J connectivity index is 1.45. The summed E-state index contributed by atoms with van der Waals surface area (Å²) in [7, 11) is -3.68. The average molecular weight is 418 g/mol. The number of nitrogens with one attached hydrogen (secondary N) is 3. The molecule has 150 valence electrons. The summed E-state index contributed by atoms with van der Waals surface area (Å²) in [4.78, 5) is 12.7. The van der Waals surface area contributed by atoms with Crippen LogP contribution in [0, 0.1) is 0 Å². The quantitative estimate of drug-likeness (QED) is 0.438. The zero-order valence-electron chi connectivity index (χ0n) is 15.7. The number of benzene rings is 3. The van der Waals surface area contributed by atoms with Crippen LogP contribution in [-0.4, -0.2) is 24.5 Å². The molecule has 30 heavy (non-hydrogen) atoms. The first-order valence-electron chi connectivity index (χ1n) is 9.10. The van der Waals surface area contributed by atoms with Gasteiger partial charge in [0.25, 0.3) is 15.9 Å². The van der Waals surface area contributed by atoms with Crippen molar-refractivity contribution in [2.75, 3.05) is 10.0 Å². The van der Waals surface area contributed by atoms with Gasteiger partial charge in [0.15, 0.2) is 0 Å². The first-order valence-corrected chi connectivity index (χ1v) is 10.6. The summed E-state index contributed by atoms with van der Waals surface area (Å²) < 4.78 is 27.3. The monoisotopic (exact) mass is 418 g/mol. The summed E-state index contributed by atoms with van der Waals surface area (Å²) in [5.74, 6) is -0.297. The van der Waals surface area contributed by atoms with Crippen LogP contribution < -0.4 is 10.0 Å². The van der Waals surface area contributed by atoms with Crippen molar-refractivity contribution < 1.29 is 13.2 Å². The Morgan fingerprint density at radius 1 is 0.833 bits per heavy atom. The topological polar surface area (TPSA) is 104 Å². The van der Waals surface area contributed by atoms with Gasteiger partial charge < -0.3 is 5.32 Å². The predicted octanol–water partition coefficient (Wildman–Crippen LogP) is 4.13. The molecular weight excluding hydrogens is 400 g/mol. The zero-order valence-corrected chi connectivity index (χ0v) is 16.6.